The van der Waals surface area contributed by atoms with Gasteiger partial charge in [-0.25, -0.2) is 4.39 Å². The summed E-state index contributed by atoms with van der Waals surface area (Å²) in [5.41, 5.74) is 0.295. The molecule has 0 aliphatic carbocycles. The molecule has 0 N–H and O–H groups in total. The zero-order valence-electron chi connectivity index (χ0n) is 7.85. The topological polar surface area (TPSA) is 9.23 Å². The number of hydrogen-bond donors (Lipinski definition) is 0. The van der Waals surface area contributed by atoms with Gasteiger partial charge in [0.25, 0.3) is 0 Å². The Hall–Kier alpha value is -1.19. The van der Waals surface area contributed by atoms with E-state index in [0.717, 1.165) is 0 Å². The van der Waals surface area contributed by atoms with Crippen LogP contribution < -0.4 is 4.74 Å². The van der Waals surface area contributed by atoms with Crippen LogP contribution in [0, 0.1) is 11.7 Å². The van der Waals surface area contributed by atoms with E-state index in [-0.39, 0.29) is 0 Å². The van der Waals surface area contributed by atoms with Crippen LogP contribution in [-0.2, 0) is 0 Å². The molecule has 1 aromatic carbocycles. The lowest BCUT2D eigenvalue weighted by Gasteiger charge is -2.10. The van der Waals surface area contributed by atoms with Gasteiger partial charge in [-0.2, -0.15) is 8.78 Å². The van der Waals surface area contributed by atoms with E-state index in [0.29, 0.717) is 11.5 Å². The van der Waals surface area contributed by atoms with Crippen molar-refractivity contribution in [2.24, 2.45) is 0 Å². The summed E-state index contributed by atoms with van der Waals surface area (Å²) in [5, 5.41) is 0. The van der Waals surface area contributed by atoms with Crippen LogP contribution in [0.15, 0.2) is 18.2 Å². The van der Waals surface area contributed by atoms with Crippen molar-refractivity contribution in [3.05, 3.63) is 35.5 Å². The van der Waals surface area contributed by atoms with Crippen molar-refractivity contribution in [1.29, 1.82) is 0 Å². The minimum absolute atomic E-state index is 0.295. The molecule has 1 aromatic rings. The summed E-state index contributed by atoms with van der Waals surface area (Å²) in [5.74, 6) is -0.450. The van der Waals surface area contributed by atoms with Crippen molar-refractivity contribution >= 4 is 0 Å². The van der Waals surface area contributed by atoms with E-state index in [1.807, 2.05) is 0 Å². The second-order valence-corrected chi connectivity index (χ2v) is 3.00. The van der Waals surface area contributed by atoms with Gasteiger partial charge >= 0.3 is 6.61 Å². The van der Waals surface area contributed by atoms with Gasteiger partial charge in [0.05, 0.1) is 0 Å². The Bertz CT molecular complexity index is 310. The van der Waals surface area contributed by atoms with Gasteiger partial charge in [0.2, 0.25) is 0 Å². The second-order valence-electron chi connectivity index (χ2n) is 3.00. The molecule has 1 nitrogen and oxygen atoms in total. The summed E-state index contributed by atoms with van der Waals surface area (Å²) in [6, 6.07) is 4.17. The molecule has 0 amide bonds. The largest absolute Gasteiger partial charge is 0.432 e. The normalized spacial score (nSPS) is 11.1. The Balaban J connectivity index is 3.01. The van der Waals surface area contributed by atoms with Crippen molar-refractivity contribution in [2.75, 3.05) is 0 Å². The highest BCUT2D eigenvalue weighted by atomic mass is 19.3. The van der Waals surface area contributed by atoms with E-state index in [2.05, 4.69) is 4.74 Å². The summed E-state index contributed by atoms with van der Waals surface area (Å²) in [7, 11) is 0. The second kappa shape index (κ2) is 4.35. The number of alkyl halides is 2. The highest BCUT2D eigenvalue weighted by molar-refractivity contribution is 5.37. The summed E-state index contributed by atoms with van der Waals surface area (Å²) in [4.78, 5) is 0. The smallest absolute Gasteiger partial charge is 0.387 e. The lowest BCUT2D eigenvalue weighted by Crippen LogP contribution is -2.05. The maximum absolute atomic E-state index is 13.4. The van der Waals surface area contributed by atoms with Crippen LogP contribution in [-0.4, -0.2) is 6.61 Å². The van der Waals surface area contributed by atoms with E-state index in [1.165, 1.54) is 18.2 Å². The van der Waals surface area contributed by atoms with Gasteiger partial charge in [0.1, 0.15) is 0 Å². The van der Waals surface area contributed by atoms with Gasteiger partial charge in [0.15, 0.2) is 11.6 Å². The Morgan fingerprint density at radius 3 is 2.43 bits per heavy atom. The molecule has 0 unspecified atom stereocenters. The Kier molecular flexibility index (Phi) is 3.38. The monoisotopic (exact) mass is 203 g/mol. The molecule has 0 bridgehead atoms. The molecule has 0 aromatic heterocycles. The van der Waals surface area contributed by atoms with Crippen molar-refractivity contribution in [2.45, 2.75) is 20.5 Å². The fraction of sp³-hybridized carbons (Fsp3) is 0.300. The zero-order chi connectivity index (χ0) is 10.7. The standard InChI is InChI=1S/C10H10F3O/c1-6(2)7-4-3-5-8(9(7)11)14-10(12)13/h3-5,10H,1-2H3. The SMILES string of the molecule is C[C](C)c1cccc(OC(F)F)c1F. The van der Waals surface area contributed by atoms with E-state index in [4.69, 9.17) is 0 Å². The Labute approximate surface area is 80.5 Å². The number of rotatable bonds is 3. The average molecular weight is 203 g/mol. The first-order valence-corrected chi connectivity index (χ1v) is 4.06. The minimum atomic E-state index is -3.00. The summed E-state index contributed by atoms with van der Waals surface area (Å²) in [6.07, 6.45) is 0. The van der Waals surface area contributed by atoms with Gasteiger partial charge in [-0.3, -0.25) is 0 Å². The first kappa shape index (κ1) is 10.9. The first-order chi connectivity index (χ1) is 6.52. The number of halogens is 3. The number of hydrogen-bond acceptors (Lipinski definition) is 1. The Morgan fingerprint density at radius 1 is 1.29 bits per heavy atom. The van der Waals surface area contributed by atoms with E-state index < -0.39 is 18.2 Å². The number of ether oxygens (including phenoxy) is 1. The van der Waals surface area contributed by atoms with Crippen LogP contribution in [0.2, 0.25) is 0 Å². The predicted molar refractivity (Wildman–Crippen MR) is 46.7 cm³/mol. The quantitative estimate of drug-likeness (QED) is 0.731. The van der Waals surface area contributed by atoms with Crippen LogP contribution in [0.5, 0.6) is 5.75 Å². The third-order valence-corrected chi connectivity index (χ3v) is 1.72. The lowest BCUT2D eigenvalue weighted by atomic mass is 10.0. The highest BCUT2D eigenvalue weighted by Gasteiger charge is 2.14. The molecule has 77 valence electrons. The van der Waals surface area contributed by atoms with E-state index >= 15 is 0 Å². The first-order valence-electron chi connectivity index (χ1n) is 4.06. The highest BCUT2D eigenvalue weighted by Crippen LogP contribution is 2.26. The minimum Gasteiger partial charge on any atom is -0.432 e. The molecule has 0 fully saturated rings. The van der Waals surface area contributed by atoms with Gasteiger partial charge in [-0.1, -0.05) is 26.0 Å². The van der Waals surface area contributed by atoms with Gasteiger partial charge in [-0.05, 0) is 11.6 Å². The molecular weight excluding hydrogens is 193 g/mol. The van der Waals surface area contributed by atoms with E-state index in [9.17, 15) is 13.2 Å². The zero-order valence-corrected chi connectivity index (χ0v) is 7.85. The number of benzene rings is 1. The molecule has 1 radical (unpaired) electrons. The lowest BCUT2D eigenvalue weighted by molar-refractivity contribution is -0.0522. The Morgan fingerprint density at radius 2 is 1.93 bits per heavy atom. The van der Waals surface area contributed by atoms with Crippen LogP contribution in [0.3, 0.4) is 0 Å². The molecule has 4 heteroatoms. The van der Waals surface area contributed by atoms with Gasteiger partial charge in [0, 0.05) is 5.92 Å². The molecule has 0 atom stereocenters. The molecule has 14 heavy (non-hydrogen) atoms. The summed E-state index contributed by atoms with van der Waals surface area (Å²) in [6.45, 7) is 0.395. The van der Waals surface area contributed by atoms with Crippen LogP contribution in [0.25, 0.3) is 0 Å². The summed E-state index contributed by atoms with van der Waals surface area (Å²) >= 11 is 0. The van der Waals surface area contributed by atoms with Crippen molar-refractivity contribution < 1.29 is 17.9 Å². The average Bonchev–Trinajstić information content (AvgIpc) is 2.07. The molecule has 0 spiro atoms. The molecule has 0 aliphatic rings. The van der Waals surface area contributed by atoms with Crippen LogP contribution >= 0.6 is 0 Å². The van der Waals surface area contributed by atoms with Gasteiger partial charge < -0.3 is 4.74 Å². The molecule has 0 saturated carbocycles. The third kappa shape index (κ3) is 2.40. The maximum Gasteiger partial charge on any atom is 0.387 e. The molecule has 1 rings (SSSR count). The molecule has 0 saturated heterocycles. The van der Waals surface area contributed by atoms with Gasteiger partial charge in [-0.15, -0.1) is 0 Å². The fourth-order valence-corrected chi connectivity index (χ4v) is 1.08. The van der Waals surface area contributed by atoms with Crippen molar-refractivity contribution in [1.82, 2.24) is 0 Å². The summed E-state index contributed by atoms with van der Waals surface area (Å²) < 4.78 is 41.1. The predicted octanol–water partition coefficient (Wildman–Crippen LogP) is 3.39. The molecule has 0 aliphatic heterocycles. The van der Waals surface area contributed by atoms with Crippen molar-refractivity contribution in [3.63, 3.8) is 0 Å². The van der Waals surface area contributed by atoms with Crippen molar-refractivity contribution in [3.8, 4) is 5.75 Å². The third-order valence-electron chi connectivity index (χ3n) is 1.72. The van der Waals surface area contributed by atoms with E-state index in [1.54, 1.807) is 13.8 Å². The van der Waals surface area contributed by atoms with Crippen LogP contribution in [0.4, 0.5) is 13.2 Å². The molecular formula is C10H10F3O. The maximum atomic E-state index is 13.4. The molecule has 0 heterocycles. The van der Waals surface area contributed by atoms with Crippen LogP contribution in [0.1, 0.15) is 19.4 Å². The fourth-order valence-electron chi connectivity index (χ4n) is 1.08.